The van der Waals surface area contributed by atoms with Crippen LogP contribution in [0.4, 0.5) is 10.1 Å². The van der Waals surface area contributed by atoms with Gasteiger partial charge in [0, 0.05) is 60.6 Å². The van der Waals surface area contributed by atoms with Gasteiger partial charge in [-0.05, 0) is 66.9 Å². The number of fused-ring (bicyclic) bond motifs is 3. The van der Waals surface area contributed by atoms with E-state index >= 15 is 0 Å². The molecule has 8 heteroatoms. The lowest BCUT2D eigenvalue weighted by atomic mass is 10.0. The van der Waals surface area contributed by atoms with Crippen molar-refractivity contribution in [2.75, 3.05) is 25.1 Å². The largest absolute Gasteiger partial charge is 0.494 e. The molecule has 38 heavy (non-hydrogen) atoms. The third-order valence-corrected chi connectivity index (χ3v) is 7.79. The fourth-order valence-corrected chi connectivity index (χ4v) is 5.93. The Morgan fingerprint density at radius 3 is 2.61 bits per heavy atom. The summed E-state index contributed by atoms with van der Waals surface area (Å²) in [6.07, 6.45) is 6.51. The monoisotopic (exact) mass is 506 g/mol. The van der Waals surface area contributed by atoms with Gasteiger partial charge >= 0.3 is 0 Å². The molecule has 3 aromatic heterocycles. The van der Waals surface area contributed by atoms with Crippen molar-refractivity contribution in [3.8, 4) is 39.4 Å². The molecule has 7 nitrogen and oxygen atoms in total. The number of piperazine rings is 1. The molecule has 0 radical (unpaired) electrons. The number of anilines is 1. The molecule has 0 amide bonds. The van der Waals surface area contributed by atoms with Crippen LogP contribution >= 0.6 is 0 Å². The first-order chi connectivity index (χ1) is 18.6. The molecule has 5 aromatic rings. The van der Waals surface area contributed by atoms with Crippen molar-refractivity contribution in [2.24, 2.45) is 0 Å². The van der Waals surface area contributed by atoms with E-state index in [1.54, 1.807) is 24.5 Å². The van der Waals surface area contributed by atoms with E-state index in [0.29, 0.717) is 17.7 Å². The average molecular weight is 507 g/mol. The fourth-order valence-electron chi connectivity index (χ4n) is 5.93. The molecule has 2 fully saturated rings. The Morgan fingerprint density at radius 1 is 1.00 bits per heavy atom. The van der Waals surface area contributed by atoms with Crippen LogP contribution in [0.5, 0.6) is 5.75 Å². The van der Waals surface area contributed by atoms with Crippen molar-refractivity contribution < 1.29 is 9.13 Å². The number of hydrogen-bond donors (Lipinski definition) is 1. The maximum Gasteiger partial charge on any atom is 0.165 e. The summed E-state index contributed by atoms with van der Waals surface area (Å²) in [6.45, 7) is 4.26. The highest BCUT2D eigenvalue weighted by atomic mass is 19.1. The smallest absolute Gasteiger partial charge is 0.165 e. The summed E-state index contributed by atoms with van der Waals surface area (Å²) in [4.78, 5) is 11.4. The van der Waals surface area contributed by atoms with Crippen LogP contribution in [0.1, 0.15) is 12.0 Å². The van der Waals surface area contributed by atoms with E-state index in [-0.39, 0.29) is 5.75 Å². The van der Waals surface area contributed by atoms with Gasteiger partial charge in [-0.2, -0.15) is 5.10 Å². The van der Waals surface area contributed by atoms with E-state index in [0.717, 1.165) is 46.7 Å². The first-order valence-electron chi connectivity index (χ1n) is 12.8. The number of nitrogens with one attached hydrogen (secondary N) is 1. The molecule has 2 aliphatic rings. The minimum absolute atomic E-state index is 0.177. The lowest BCUT2D eigenvalue weighted by Gasteiger charge is -2.30. The number of methoxy groups -OCH3 is 1. The van der Waals surface area contributed by atoms with Gasteiger partial charge in [0.25, 0.3) is 0 Å². The molecule has 1 N–H and O–H groups in total. The maximum atomic E-state index is 14.3. The summed E-state index contributed by atoms with van der Waals surface area (Å²) < 4.78 is 21.5. The van der Waals surface area contributed by atoms with Crippen molar-refractivity contribution in [2.45, 2.75) is 25.4 Å². The highest BCUT2D eigenvalue weighted by Crippen LogP contribution is 2.39. The van der Waals surface area contributed by atoms with Crippen LogP contribution in [-0.2, 0) is 0 Å². The second kappa shape index (κ2) is 8.92. The van der Waals surface area contributed by atoms with Crippen molar-refractivity contribution in [1.82, 2.24) is 24.9 Å². The molecule has 0 aliphatic carbocycles. The van der Waals surface area contributed by atoms with Crippen LogP contribution < -0.4 is 15.0 Å². The zero-order valence-electron chi connectivity index (χ0n) is 21.2. The Balaban J connectivity index is 1.40. The summed E-state index contributed by atoms with van der Waals surface area (Å²) in [6, 6.07) is 18.5. The Labute approximate surface area is 219 Å². The number of pyridine rings is 1. The molecule has 7 rings (SSSR count). The predicted octanol–water partition coefficient (Wildman–Crippen LogP) is 5.13. The Kier molecular flexibility index (Phi) is 5.37. The zero-order valence-corrected chi connectivity index (χ0v) is 21.2. The topological polar surface area (TPSA) is 67.6 Å². The van der Waals surface area contributed by atoms with Crippen LogP contribution in [0, 0.1) is 12.7 Å². The minimum Gasteiger partial charge on any atom is -0.494 e. The highest BCUT2D eigenvalue weighted by molar-refractivity contribution is 5.91. The standard InChI is InChI=1S/C30H27FN6O/c1-18-13-22(36-17-21-15-23(36)16-34-21)4-5-24(18)26-9-12-33-30-28(20-3-6-25(31)27(14-20)38-2)29(35-37(26)30)19-7-10-32-11-8-19/h3-14,21,23,34H,15-17H2,1-2H3. The molecular weight excluding hydrogens is 479 g/mol. The quantitative estimate of drug-likeness (QED) is 0.356. The predicted molar refractivity (Wildman–Crippen MR) is 146 cm³/mol. The first-order valence-corrected chi connectivity index (χ1v) is 12.8. The molecule has 2 unspecified atom stereocenters. The molecule has 2 atom stereocenters. The molecule has 0 saturated carbocycles. The second-order valence-corrected chi connectivity index (χ2v) is 10.0. The van der Waals surface area contributed by atoms with Gasteiger partial charge in [0.15, 0.2) is 17.2 Å². The highest BCUT2D eigenvalue weighted by Gasteiger charge is 2.37. The Hall–Kier alpha value is -4.30. The SMILES string of the molecule is COc1cc(-c2c(-c3ccncc3)nn3c(-c4ccc(N5CC6CC5CN6)cc4C)ccnc23)ccc1F. The van der Waals surface area contributed by atoms with E-state index in [1.807, 2.05) is 28.9 Å². The molecule has 2 bridgehead atoms. The van der Waals surface area contributed by atoms with Gasteiger partial charge in [-0.25, -0.2) is 13.9 Å². The Bertz CT molecular complexity index is 1670. The number of rotatable bonds is 5. The van der Waals surface area contributed by atoms with Gasteiger partial charge in [-0.3, -0.25) is 4.98 Å². The molecule has 190 valence electrons. The fraction of sp³-hybridized carbons (Fsp3) is 0.233. The summed E-state index contributed by atoms with van der Waals surface area (Å²) in [7, 11) is 1.47. The van der Waals surface area contributed by atoms with Crippen LogP contribution in [-0.4, -0.2) is 51.9 Å². The summed E-state index contributed by atoms with van der Waals surface area (Å²) in [5, 5.41) is 8.64. The minimum atomic E-state index is -0.412. The maximum absolute atomic E-state index is 14.3. The van der Waals surface area contributed by atoms with E-state index in [4.69, 9.17) is 14.8 Å². The van der Waals surface area contributed by atoms with Crippen LogP contribution in [0.3, 0.4) is 0 Å². The number of halogens is 1. The van der Waals surface area contributed by atoms with Gasteiger partial charge in [0.05, 0.1) is 18.4 Å². The van der Waals surface area contributed by atoms with Crippen molar-refractivity contribution >= 4 is 11.3 Å². The second-order valence-electron chi connectivity index (χ2n) is 10.0. The molecule has 5 heterocycles. The van der Waals surface area contributed by atoms with Crippen LogP contribution in [0.2, 0.25) is 0 Å². The van der Waals surface area contributed by atoms with Crippen LogP contribution in [0.25, 0.3) is 39.3 Å². The molecule has 2 saturated heterocycles. The third kappa shape index (κ3) is 3.63. The first kappa shape index (κ1) is 22.9. The van der Waals surface area contributed by atoms with Gasteiger partial charge in [0.2, 0.25) is 0 Å². The molecule has 2 aliphatic heterocycles. The van der Waals surface area contributed by atoms with Gasteiger partial charge in [-0.1, -0.05) is 12.1 Å². The van der Waals surface area contributed by atoms with Gasteiger partial charge in [0.1, 0.15) is 5.69 Å². The number of aromatic nitrogens is 4. The number of hydrogen-bond acceptors (Lipinski definition) is 6. The molecular formula is C30H27FN6O. The lowest BCUT2D eigenvalue weighted by Crippen LogP contribution is -2.43. The number of aryl methyl sites for hydroxylation is 1. The number of ether oxygens (including phenoxy) is 1. The Morgan fingerprint density at radius 2 is 1.87 bits per heavy atom. The summed E-state index contributed by atoms with van der Waals surface area (Å²) in [5.74, 6) is -0.236. The van der Waals surface area contributed by atoms with Gasteiger partial charge in [-0.15, -0.1) is 0 Å². The lowest BCUT2D eigenvalue weighted by molar-refractivity contribution is 0.387. The van der Waals surface area contributed by atoms with Gasteiger partial charge < -0.3 is 15.0 Å². The van der Waals surface area contributed by atoms with E-state index < -0.39 is 5.82 Å². The van der Waals surface area contributed by atoms with Crippen molar-refractivity contribution in [3.05, 3.63) is 84.6 Å². The van der Waals surface area contributed by atoms with Crippen molar-refractivity contribution in [3.63, 3.8) is 0 Å². The van der Waals surface area contributed by atoms with E-state index in [9.17, 15) is 4.39 Å². The zero-order chi connectivity index (χ0) is 25.8. The third-order valence-electron chi connectivity index (χ3n) is 7.79. The van der Waals surface area contributed by atoms with Crippen LogP contribution in [0.15, 0.2) is 73.2 Å². The average Bonchev–Trinajstić information content (AvgIpc) is 3.68. The van der Waals surface area contributed by atoms with E-state index in [2.05, 4.69) is 40.3 Å². The summed E-state index contributed by atoms with van der Waals surface area (Å²) in [5.41, 5.74) is 8.41. The number of benzene rings is 2. The van der Waals surface area contributed by atoms with Crippen molar-refractivity contribution in [1.29, 1.82) is 0 Å². The molecule has 0 spiro atoms. The summed E-state index contributed by atoms with van der Waals surface area (Å²) >= 11 is 0. The molecule has 2 aromatic carbocycles. The van der Waals surface area contributed by atoms with E-state index in [1.165, 1.54) is 30.8 Å². The normalized spacial score (nSPS) is 18.4. The number of nitrogens with zero attached hydrogens (tertiary/aromatic N) is 5.